The fraction of sp³-hybridized carbons (Fsp3) is 0.278. The van der Waals surface area contributed by atoms with Gasteiger partial charge < -0.3 is 9.84 Å². The van der Waals surface area contributed by atoms with Crippen LogP contribution in [0.2, 0.25) is 0 Å². The average molecular weight is 312 g/mol. The third kappa shape index (κ3) is 2.87. The van der Waals surface area contributed by atoms with Crippen molar-refractivity contribution in [3.8, 4) is 5.75 Å². The molecule has 1 saturated heterocycles. The number of benzene rings is 2. The maximum atomic E-state index is 11.8. The molecule has 5 heteroatoms. The van der Waals surface area contributed by atoms with E-state index in [1.54, 1.807) is 0 Å². The summed E-state index contributed by atoms with van der Waals surface area (Å²) in [7, 11) is 0. The molecule has 1 aliphatic heterocycles. The van der Waals surface area contributed by atoms with Crippen molar-refractivity contribution < 1.29 is 14.6 Å². The van der Waals surface area contributed by atoms with Crippen molar-refractivity contribution in [2.75, 3.05) is 13.1 Å². The summed E-state index contributed by atoms with van der Waals surface area (Å²) >= 11 is 0. The molecule has 1 aliphatic rings. The van der Waals surface area contributed by atoms with Crippen molar-refractivity contribution in [3.05, 3.63) is 66.2 Å². The zero-order valence-electron chi connectivity index (χ0n) is 13.0. The fourth-order valence-corrected chi connectivity index (χ4v) is 3.05. The third-order valence-electron chi connectivity index (χ3n) is 4.32. The van der Waals surface area contributed by atoms with E-state index < -0.39 is 17.9 Å². The van der Waals surface area contributed by atoms with Crippen molar-refractivity contribution in [3.63, 3.8) is 0 Å². The largest absolute Gasteiger partial charge is 0.472 e. The maximum absolute atomic E-state index is 11.8. The summed E-state index contributed by atoms with van der Waals surface area (Å²) in [6.45, 7) is 2.86. The Morgan fingerprint density at radius 3 is 2.39 bits per heavy atom. The topological polar surface area (TPSA) is 61.8 Å². The van der Waals surface area contributed by atoms with Crippen LogP contribution in [0.4, 0.5) is 4.79 Å². The van der Waals surface area contributed by atoms with Gasteiger partial charge in [0.15, 0.2) is 6.23 Å². The lowest BCUT2D eigenvalue weighted by molar-refractivity contribution is -0.0439. The van der Waals surface area contributed by atoms with Gasteiger partial charge in [-0.25, -0.2) is 4.79 Å². The van der Waals surface area contributed by atoms with Gasteiger partial charge in [0, 0.05) is 13.1 Å². The van der Waals surface area contributed by atoms with Crippen molar-refractivity contribution in [2.24, 2.45) is 0 Å². The van der Waals surface area contributed by atoms with E-state index in [4.69, 9.17) is 4.74 Å². The minimum atomic E-state index is -0.945. The normalized spacial score (nSPS) is 24.2. The van der Waals surface area contributed by atoms with Crippen molar-refractivity contribution in [1.29, 1.82) is 0 Å². The van der Waals surface area contributed by atoms with E-state index in [-0.39, 0.29) is 0 Å². The Morgan fingerprint density at radius 1 is 1.17 bits per heavy atom. The van der Waals surface area contributed by atoms with Crippen molar-refractivity contribution in [2.45, 2.75) is 18.7 Å². The molecule has 1 amide bonds. The van der Waals surface area contributed by atoms with Crippen molar-refractivity contribution >= 4 is 6.09 Å². The summed E-state index contributed by atoms with van der Waals surface area (Å²) < 4.78 is 6.09. The summed E-state index contributed by atoms with van der Waals surface area (Å²) in [5, 5.41) is 13.0. The molecule has 120 valence electrons. The van der Waals surface area contributed by atoms with Crippen LogP contribution in [0.5, 0.6) is 5.75 Å². The van der Waals surface area contributed by atoms with Gasteiger partial charge in [0.2, 0.25) is 0 Å². The van der Waals surface area contributed by atoms with Crippen LogP contribution in [0.1, 0.15) is 12.5 Å². The zero-order valence-corrected chi connectivity index (χ0v) is 13.0. The quantitative estimate of drug-likeness (QED) is 0.915. The lowest BCUT2D eigenvalue weighted by Crippen LogP contribution is -2.66. The van der Waals surface area contributed by atoms with E-state index >= 15 is 0 Å². The Morgan fingerprint density at radius 2 is 1.78 bits per heavy atom. The lowest BCUT2D eigenvalue weighted by Gasteiger charge is -2.48. The number of hydrogen-bond donors (Lipinski definition) is 2. The summed E-state index contributed by atoms with van der Waals surface area (Å²) in [4.78, 5) is 13.2. The van der Waals surface area contributed by atoms with Crippen LogP contribution < -0.4 is 10.1 Å². The summed E-state index contributed by atoms with van der Waals surface area (Å²) in [6.07, 6.45) is -1.42. The highest BCUT2D eigenvalue weighted by Gasteiger charge is 2.48. The summed E-state index contributed by atoms with van der Waals surface area (Å²) in [5.74, 6) is 0.708. The SMILES string of the molecule is CC1(c2ccccc2)C(Oc2ccccc2)NCCN1C(=O)O. The second-order valence-corrected chi connectivity index (χ2v) is 5.71. The van der Waals surface area contributed by atoms with Crippen LogP contribution in [0, 0.1) is 0 Å². The Hall–Kier alpha value is -2.53. The second kappa shape index (κ2) is 6.30. The lowest BCUT2D eigenvalue weighted by atomic mass is 9.86. The summed E-state index contributed by atoms with van der Waals surface area (Å²) in [5.41, 5.74) is 0.0804. The van der Waals surface area contributed by atoms with E-state index in [2.05, 4.69) is 5.32 Å². The molecule has 0 saturated carbocycles. The van der Waals surface area contributed by atoms with Gasteiger partial charge in [0.1, 0.15) is 11.3 Å². The second-order valence-electron chi connectivity index (χ2n) is 5.71. The molecule has 0 aliphatic carbocycles. The molecule has 0 bridgehead atoms. The molecular formula is C18H20N2O3. The highest BCUT2D eigenvalue weighted by Crippen LogP contribution is 2.35. The molecule has 5 nitrogen and oxygen atoms in total. The number of piperazine rings is 1. The number of carbonyl (C=O) groups is 1. The zero-order chi connectivity index (χ0) is 16.3. The Labute approximate surface area is 135 Å². The molecule has 2 N–H and O–H groups in total. The maximum Gasteiger partial charge on any atom is 0.408 e. The number of carboxylic acid groups (broad SMARTS) is 1. The number of nitrogens with one attached hydrogen (secondary N) is 1. The molecule has 0 radical (unpaired) electrons. The minimum Gasteiger partial charge on any atom is -0.472 e. The van der Waals surface area contributed by atoms with Gasteiger partial charge in [-0.2, -0.15) is 0 Å². The molecule has 23 heavy (non-hydrogen) atoms. The highest BCUT2D eigenvalue weighted by molar-refractivity contribution is 5.67. The average Bonchev–Trinajstić information content (AvgIpc) is 2.58. The Kier molecular flexibility index (Phi) is 4.21. The van der Waals surface area contributed by atoms with Crippen LogP contribution in [-0.4, -0.2) is 35.4 Å². The van der Waals surface area contributed by atoms with E-state index in [1.165, 1.54) is 4.90 Å². The predicted molar refractivity (Wildman–Crippen MR) is 87.4 cm³/mol. The van der Waals surface area contributed by atoms with Gasteiger partial charge in [-0.3, -0.25) is 10.2 Å². The molecule has 0 aromatic heterocycles. The van der Waals surface area contributed by atoms with Crippen LogP contribution in [0.3, 0.4) is 0 Å². The number of rotatable bonds is 3. The molecule has 0 spiro atoms. The van der Waals surface area contributed by atoms with E-state index in [0.29, 0.717) is 18.8 Å². The molecule has 3 rings (SSSR count). The molecule has 2 aromatic carbocycles. The van der Waals surface area contributed by atoms with Crippen LogP contribution in [0.15, 0.2) is 60.7 Å². The number of nitrogens with zero attached hydrogens (tertiary/aromatic N) is 1. The van der Waals surface area contributed by atoms with Crippen LogP contribution in [0.25, 0.3) is 0 Å². The number of amides is 1. The van der Waals surface area contributed by atoms with Crippen LogP contribution in [-0.2, 0) is 5.54 Å². The smallest absolute Gasteiger partial charge is 0.408 e. The fourth-order valence-electron chi connectivity index (χ4n) is 3.05. The molecule has 2 atom stereocenters. The Bertz CT molecular complexity index is 662. The van der Waals surface area contributed by atoms with Gasteiger partial charge in [-0.05, 0) is 24.6 Å². The van der Waals surface area contributed by atoms with Crippen molar-refractivity contribution in [1.82, 2.24) is 10.2 Å². The third-order valence-corrected chi connectivity index (χ3v) is 4.32. The minimum absolute atomic E-state index is 0.412. The van der Waals surface area contributed by atoms with Gasteiger partial charge >= 0.3 is 6.09 Å². The molecule has 2 aromatic rings. The standard InChI is InChI=1S/C18H20N2O3/c1-18(14-8-4-2-5-9-14)16(19-12-13-20(18)17(21)22)23-15-10-6-3-7-11-15/h2-11,16,19H,12-13H2,1H3,(H,21,22). The number of ether oxygens (including phenoxy) is 1. The monoisotopic (exact) mass is 312 g/mol. The highest BCUT2D eigenvalue weighted by atomic mass is 16.5. The van der Waals surface area contributed by atoms with Gasteiger partial charge in [-0.1, -0.05) is 48.5 Å². The first-order chi connectivity index (χ1) is 11.1. The van der Waals surface area contributed by atoms with Gasteiger partial charge in [-0.15, -0.1) is 0 Å². The first-order valence-corrected chi connectivity index (χ1v) is 7.63. The van der Waals surface area contributed by atoms with Gasteiger partial charge in [0.05, 0.1) is 0 Å². The Balaban J connectivity index is 2.00. The number of hydrogen-bond acceptors (Lipinski definition) is 3. The first kappa shape index (κ1) is 15.4. The summed E-state index contributed by atoms with van der Waals surface area (Å²) in [6, 6.07) is 19.1. The van der Waals surface area contributed by atoms with E-state index in [1.807, 2.05) is 67.6 Å². The number of para-hydroxylation sites is 1. The van der Waals surface area contributed by atoms with Gasteiger partial charge in [0.25, 0.3) is 0 Å². The molecule has 2 unspecified atom stereocenters. The molecule has 1 fully saturated rings. The first-order valence-electron chi connectivity index (χ1n) is 7.63. The molecule has 1 heterocycles. The predicted octanol–water partition coefficient (Wildman–Crippen LogP) is 2.89. The van der Waals surface area contributed by atoms with E-state index in [9.17, 15) is 9.90 Å². The van der Waals surface area contributed by atoms with E-state index in [0.717, 1.165) is 5.56 Å². The molecular weight excluding hydrogens is 292 g/mol. The van der Waals surface area contributed by atoms with Crippen LogP contribution >= 0.6 is 0 Å².